The molecule has 1 rings (SSSR count). The third-order valence-corrected chi connectivity index (χ3v) is 2.18. The van der Waals surface area contributed by atoms with Crippen LogP contribution in [0.4, 0.5) is 5.00 Å². The molecule has 0 aliphatic heterocycles. The van der Waals surface area contributed by atoms with Crippen LogP contribution in [-0.4, -0.2) is 27.1 Å². The van der Waals surface area contributed by atoms with Crippen LogP contribution in [0.3, 0.4) is 0 Å². The van der Waals surface area contributed by atoms with Gasteiger partial charge in [-0.05, 0) is 20.8 Å². The van der Waals surface area contributed by atoms with Crippen molar-refractivity contribution in [2.45, 2.75) is 39.2 Å². The normalized spacial score (nSPS) is 11.0. The Hall–Kier alpha value is -1.50. The Labute approximate surface area is 104 Å². The van der Waals surface area contributed by atoms with Gasteiger partial charge in [0.1, 0.15) is 10.6 Å². The highest BCUT2D eigenvalue weighted by Gasteiger charge is 2.17. The van der Waals surface area contributed by atoms with Gasteiger partial charge in [-0.3, -0.25) is 9.59 Å². The Morgan fingerprint density at radius 3 is 2.65 bits per heavy atom. The van der Waals surface area contributed by atoms with Crippen molar-refractivity contribution in [2.75, 3.05) is 5.32 Å². The van der Waals surface area contributed by atoms with E-state index in [0.717, 1.165) is 11.5 Å². The number of hydrogen-bond donors (Lipinski definition) is 1. The summed E-state index contributed by atoms with van der Waals surface area (Å²) in [6.45, 7) is 5.36. The predicted molar refractivity (Wildman–Crippen MR) is 63.6 cm³/mol. The summed E-state index contributed by atoms with van der Waals surface area (Å²) in [5, 5.41) is 6.74. The quantitative estimate of drug-likeness (QED) is 0.828. The molecule has 0 fully saturated rings. The Morgan fingerprint density at radius 1 is 1.41 bits per heavy atom. The number of rotatable bonds is 4. The Kier molecular flexibility index (Phi) is 4.56. The van der Waals surface area contributed by atoms with Crippen LogP contribution in [0.2, 0.25) is 0 Å². The zero-order chi connectivity index (χ0) is 12.9. The van der Waals surface area contributed by atoms with E-state index in [-0.39, 0.29) is 24.7 Å². The molecule has 6 nitrogen and oxygen atoms in total. The fraction of sp³-hybridized carbons (Fsp3) is 0.600. The minimum absolute atomic E-state index is 0.0648. The Bertz CT molecular complexity index is 384. The van der Waals surface area contributed by atoms with Gasteiger partial charge in [0.25, 0.3) is 0 Å². The van der Waals surface area contributed by atoms with Crippen LogP contribution < -0.4 is 5.32 Å². The molecule has 0 saturated heterocycles. The zero-order valence-corrected chi connectivity index (χ0v) is 10.8. The topological polar surface area (TPSA) is 81.2 Å². The number of carbonyl (C=O) groups excluding carboxylic acids is 2. The standard InChI is InChI=1S/C10H15N3O3S/c1-10(2,3)16-9(15)5-4-7(14)12-8-6-11-13-17-8/h6H,4-5H2,1-3H3,(H,12,14). The maximum Gasteiger partial charge on any atom is 0.306 e. The number of carbonyl (C=O) groups is 2. The fourth-order valence-electron chi connectivity index (χ4n) is 1.03. The van der Waals surface area contributed by atoms with E-state index in [4.69, 9.17) is 4.74 Å². The molecule has 0 atom stereocenters. The first kappa shape index (κ1) is 13.6. The second-order valence-electron chi connectivity index (χ2n) is 4.42. The van der Waals surface area contributed by atoms with E-state index < -0.39 is 5.60 Å². The molecule has 0 aliphatic rings. The van der Waals surface area contributed by atoms with Crippen LogP contribution in [0.5, 0.6) is 0 Å². The van der Waals surface area contributed by atoms with E-state index in [1.165, 1.54) is 6.20 Å². The first-order valence-electron chi connectivity index (χ1n) is 5.16. The second kappa shape index (κ2) is 5.72. The first-order valence-corrected chi connectivity index (χ1v) is 5.93. The summed E-state index contributed by atoms with van der Waals surface area (Å²) < 4.78 is 8.69. The largest absolute Gasteiger partial charge is 0.460 e. The minimum Gasteiger partial charge on any atom is -0.460 e. The van der Waals surface area contributed by atoms with Crippen LogP contribution in [0.15, 0.2) is 6.20 Å². The molecule has 1 aromatic heterocycles. The van der Waals surface area contributed by atoms with Gasteiger partial charge in [0, 0.05) is 18.0 Å². The van der Waals surface area contributed by atoms with Crippen molar-refractivity contribution in [3.63, 3.8) is 0 Å². The molecule has 1 heterocycles. The summed E-state index contributed by atoms with van der Waals surface area (Å²) >= 11 is 1.09. The molecule has 17 heavy (non-hydrogen) atoms. The lowest BCUT2D eigenvalue weighted by molar-refractivity contribution is -0.155. The number of nitrogens with one attached hydrogen (secondary N) is 1. The predicted octanol–water partition coefficient (Wildman–Crippen LogP) is 1.60. The van der Waals surface area contributed by atoms with E-state index in [1.807, 2.05) is 0 Å². The average molecular weight is 257 g/mol. The van der Waals surface area contributed by atoms with E-state index in [2.05, 4.69) is 14.9 Å². The maximum absolute atomic E-state index is 11.4. The van der Waals surface area contributed by atoms with E-state index in [1.54, 1.807) is 20.8 Å². The van der Waals surface area contributed by atoms with Crippen molar-refractivity contribution in [2.24, 2.45) is 0 Å². The Balaban J connectivity index is 2.26. The van der Waals surface area contributed by atoms with Crippen LogP contribution in [-0.2, 0) is 14.3 Å². The van der Waals surface area contributed by atoms with Gasteiger partial charge in [-0.2, -0.15) is 0 Å². The second-order valence-corrected chi connectivity index (χ2v) is 5.20. The molecule has 1 aromatic rings. The number of hydrogen-bond acceptors (Lipinski definition) is 6. The molecule has 0 saturated carbocycles. The van der Waals surface area contributed by atoms with Crippen LogP contribution in [0, 0.1) is 0 Å². The molecule has 0 unspecified atom stereocenters. The summed E-state index contributed by atoms with van der Waals surface area (Å²) in [6, 6.07) is 0. The average Bonchev–Trinajstić information content (AvgIpc) is 2.64. The summed E-state index contributed by atoms with van der Waals surface area (Å²) in [7, 11) is 0. The first-order chi connectivity index (χ1) is 7.87. The minimum atomic E-state index is -0.519. The maximum atomic E-state index is 11.4. The summed E-state index contributed by atoms with van der Waals surface area (Å²) in [4.78, 5) is 22.8. The van der Waals surface area contributed by atoms with Crippen molar-refractivity contribution >= 4 is 28.4 Å². The summed E-state index contributed by atoms with van der Waals surface area (Å²) in [5.74, 6) is -0.628. The van der Waals surface area contributed by atoms with Gasteiger partial charge in [-0.1, -0.05) is 4.49 Å². The van der Waals surface area contributed by atoms with Crippen molar-refractivity contribution in [1.82, 2.24) is 9.59 Å². The highest BCUT2D eigenvalue weighted by Crippen LogP contribution is 2.11. The number of aromatic nitrogens is 2. The summed E-state index contributed by atoms with van der Waals surface area (Å²) in [5.41, 5.74) is -0.519. The highest BCUT2D eigenvalue weighted by atomic mass is 32.1. The number of amides is 1. The number of ether oxygens (including phenoxy) is 1. The number of nitrogens with zero attached hydrogens (tertiary/aromatic N) is 2. The third kappa shape index (κ3) is 5.96. The fourth-order valence-corrected chi connectivity index (χ4v) is 1.47. The lowest BCUT2D eigenvalue weighted by Gasteiger charge is -2.19. The highest BCUT2D eigenvalue weighted by molar-refractivity contribution is 7.10. The number of anilines is 1. The SMILES string of the molecule is CC(C)(C)OC(=O)CCC(=O)Nc1cnns1. The molecule has 0 spiro atoms. The molecular formula is C10H15N3O3S. The van der Waals surface area contributed by atoms with E-state index in [0.29, 0.717) is 5.00 Å². The van der Waals surface area contributed by atoms with Crippen LogP contribution in [0.1, 0.15) is 33.6 Å². The molecule has 0 aromatic carbocycles. The van der Waals surface area contributed by atoms with Crippen LogP contribution in [0.25, 0.3) is 0 Å². The van der Waals surface area contributed by atoms with Gasteiger partial charge < -0.3 is 10.1 Å². The molecular weight excluding hydrogens is 242 g/mol. The smallest absolute Gasteiger partial charge is 0.306 e. The van der Waals surface area contributed by atoms with Gasteiger partial charge >= 0.3 is 5.97 Å². The van der Waals surface area contributed by atoms with E-state index >= 15 is 0 Å². The van der Waals surface area contributed by atoms with Gasteiger partial charge in [0.15, 0.2) is 0 Å². The molecule has 0 aliphatic carbocycles. The number of esters is 1. The third-order valence-electron chi connectivity index (χ3n) is 1.60. The van der Waals surface area contributed by atoms with E-state index in [9.17, 15) is 9.59 Å². The van der Waals surface area contributed by atoms with Gasteiger partial charge in [-0.15, -0.1) is 5.10 Å². The van der Waals surface area contributed by atoms with Gasteiger partial charge in [0.05, 0.1) is 12.6 Å². The molecule has 7 heteroatoms. The zero-order valence-electron chi connectivity index (χ0n) is 10.0. The van der Waals surface area contributed by atoms with Crippen molar-refractivity contribution < 1.29 is 14.3 Å². The molecule has 1 amide bonds. The molecule has 0 bridgehead atoms. The monoisotopic (exact) mass is 257 g/mol. The van der Waals surface area contributed by atoms with Crippen molar-refractivity contribution in [1.29, 1.82) is 0 Å². The van der Waals surface area contributed by atoms with Crippen LogP contribution >= 0.6 is 11.5 Å². The lowest BCUT2D eigenvalue weighted by Crippen LogP contribution is -2.24. The molecule has 0 radical (unpaired) electrons. The van der Waals surface area contributed by atoms with Gasteiger partial charge in [-0.25, -0.2) is 0 Å². The lowest BCUT2D eigenvalue weighted by atomic mass is 10.2. The van der Waals surface area contributed by atoms with Crippen molar-refractivity contribution in [3.8, 4) is 0 Å². The molecule has 94 valence electrons. The Morgan fingerprint density at radius 2 is 2.12 bits per heavy atom. The summed E-state index contributed by atoms with van der Waals surface area (Å²) in [6.07, 6.45) is 1.61. The van der Waals surface area contributed by atoms with Gasteiger partial charge in [0.2, 0.25) is 5.91 Å². The molecule has 1 N–H and O–H groups in total. The van der Waals surface area contributed by atoms with Crippen molar-refractivity contribution in [3.05, 3.63) is 6.20 Å².